The van der Waals surface area contributed by atoms with Gasteiger partial charge in [-0.3, -0.25) is 4.79 Å². The van der Waals surface area contributed by atoms with E-state index in [0.717, 1.165) is 6.07 Å². The van der Waals surface area contributed by atoms with Crippen molar-refractivity contribution < 1.29 is 28.6 Å². The number of hydrogen-bond donors (Lipinski definition) is 2. The van der Waals surface area contributed by atoms with Gasteiger partial charge in [0.25, 0.3) is 0 Å². The Morgan fingerprint density at radius 1 is 1.42 bits per heavy atom. The number of rotatable bonds is 5. The van der Waals surface area contributed by atoms with Crippen LogP contribution < -0.4 is 5.32 Å². The Hall–Kier alpha value is -2.19. The third kappa shape index (κ3) is 4.21. The van der Waals surface area contributed by atoms with Crippen molar-refractivity contribution in [1.82, 2.24) is 4.90 Å². The Labute approximate surface area is 139 Å². The largest absolute Gasteiger partial charge is 0.469 e. The lowest BCUT2D eigenvalue weighted by molar-refractivity contribution is -0.139. The first-order valence-electron chi connectivity index (χ1n) is 7.55. The number of aliphatic hydroxyl groups is 1. The van der Waals surface area contributed by atoms with Gasteiger partial charge in [0, 0.05) is 19.3 Å². The highest BCUT2D eigenvalue weighted by molar-refractivity contribution is 5.90. The van der Waals surface area contributed by atoms with E-state index in [2.05, 4.69) is 10.1 Å². The summed E-state index contributed by atoms with van der Waals surface area (Å²) in [5.74, 6) is -1.15. The van der Waals surface area contributed by atoms with Crippen LogP contribution in [0, 0.1) is 5.82 Å². The first kappa shape index (κ1) is 18.2. The molecule has 0 unspecified atom stereocenters. The summed E-state index contributed by atoms with van der Waals surface area (Å²) >= 11 is 0. The van der Waals surface area contributed by atoms with Crippen LogP contribution in [0.5, 0.6) is 0 Å². The molecule has 24 heavy (non-hydrogen) atoms. The quantitative estimate of drug-likeness (QED) is 0.785. The molecular formula is C16H21FN2O5. The molecule has 0 saturated carbocycles. The van der Waals surface area contributed by atoms with Crippen molar-refractivity contribution in [3.63, 3.8) is 0 Å². The molecule has 2 atom stereocenters. The topological polar surface area (TPSA) is 88.1 Å². The first-order valence-corrected chi connectivity index (χ1v) is 7.55. The van der Waals surface area contributed by atoms with Crippen LogP contribution >= 0.6 is 0 Å². The normalized spacial score (nSPS) is 20.1. The summed E-state index contributed by atoms with van der Waals surface area (Å²) in [5.41, 5.74) is 0.456. The number of nitrogens with zero attached hydrogens (tertiary/aromatic N) is 1. The number of aliphatic hydroxyl groups excluding tert-OH is 1. The number of anilines is 1. The summed E-state index contributed by atoms with van der Waals surface area (Å²) in [5, 5.41) is 12.0. The van der Waals surface area contributed by atoms with E-state index in [1.54, 1.807) is 7.11 Å². The summed E-state index contributed by atoms with van der Waals surface area (Å²) in [7, 11) is 2.78. The number of urea groups is 1. The minimum absolute atomic E-state index is 0.132. The lowest BCUT2D eigenvalue weighted by Gasteiger charge is -2.23. The highest BCUT2D eigenvalue weighted by atomic mass is 19.1. The molecule has 1 fully saturated rings. The van der Waals surface area contributed by atoms with Crippen molar-refractivity contribution in [2.75, 3.05) is 32.7 Å². The Balaban J connectivity index is 2.04. The maximum Gasteiger partial charge on any atom is 0.322 e. The van der Waals surface area contributed by atoms with Crippen LogP contribution in [0.1, 0.15) is 12.0 Å². The van der Waals surface area contributed by atoms with Gasteiger partial charge in [0.2, 0.25) is 0 Å². The van der Waals surface area contributed by atoms with E-state index in [1.807, 2.05) is 0 Å². The Morgan fingerprint density at radius 2 is 2.17 bits per heavy atom. The second kappa shape index (κ2) is 8.07. The summed E-state index contributed by atoms with van der Waals surface area (Å²) in [6.07, 6.45) is 0.240. The molecule has 0 aliphatic carbocycles. The van der Waals surface area contributed by atoms with Crippen molar-refractivity contribution in [2.45, 2.75) is 25.0 Å². The Morgan fingerprint density at radius 3 is 2.75 bits per heavy atom. The Bertz CT molecular complexity index is 610. The molecule has 2 N–H and O–H groups in total. The molecule has 0 radical (unpaired) electrons. The van der Waals surface area contributed by atoms with E-state index in [4.69, 9.17) is 4.74 Å². The molecule has 1 aliphatic heterocycles. The third-order valence-corrected chi connectivity index (χ3v) is 4.05. The number of halogens is 1. The van der Waals surface area contributed by atoms with Crippen LogP contribution in [0.25, 0.3) is 0 Å². The van der Waals surface area contributed by atoms with Crippen LogP contribution in [0.4, 0.5) is 14.9 Å². The smallest absolute Gasteiger partial charge is 0.322 e. The molecule has 2 rings (SSSR count). The molecule has 1 saturated heterocycles. The van der Waals surface area contributed by atoms with Crippen molar-refractivity contribution in [3.05, 3.63) is 29.6 Å². The van der Waals surface area contributed by atoms with Gasteiger partial charge in [-0.2, -0.15) is 0 Å². The predicted molar refractivity (Wildman–Crippen MR) is 84.1 cm³/mol. The third-order valence-electron chi connectivity index (χ3n) is 4.05. The monoisotopic (exact) mass is 340 g/mol. The van der Waals surface area contributed by atoms with Gasteiger partial charge in [0.1, 0.15) is 5.82 Å². The summed E-state index contributed by atoms with van der Waals surface area (Å²) in [6, 6.07) is 3.31. The van der Waals surface area contributed by atoms with Gasteiger partial charge in [-0.25, -0.2) is 9.18 Å². The second-order valence-electron chi connectivity index (χ2n) is 5.57. The molecule has 1 aromatic rings. The van der Waals surface area contributed by atoms with Crippen molar-refractivity contribution in [1.29, 1.82) is 0 Å². The molecule has 2 amide bonds. The van der Waals surface area contributed by atoms with Crippen LogP contribution in [0.15, 0.2) is 18.2 Å². The fourth-order valence-electron chi connectivity index (χ4n) is 2.66. The van der Waals surface area contributed by atoms with E-state index in [1.165, 1.54) is 24.1 Å². The summed E-state index contributed by atoms with van der Waals surface area (Å²) < 4.78 is 23.7. The van der Waals surface area contributed by atoms with Crippen molar-refractivity contribution in [3.8, 4) is 0 Å². The van der Waals surface area contributed by atoms with Gasteiger partial charge < -0.3 is 24.8 Å². The molecular weight excluding hydrogens is 319 g/mol. The molecule has 0 spiro atoms. The van der Waals surface area contributed by atoms with Crippen LogP contribution in [0.2, 0.25) is 0 Å². The molecule has 8 heteroatoms. The summed E-state index contributed by atoms with van der Waals surface area (Å²) in [6.45, 7) is 0.191. The second-order valence-corrected chi connectivity index (χ2v) is 5.57. The number of benzene rings is 1. The molecule has 0 aromatic heterocycles. The number of carbonyl (C=O) groups excluding carboxylic acids is 2. The molecule has 132 valence electrons. The van der Waals surface area contributed by atoms with Gasteiger partial charge in [-0.05, 0) is 24.1 Å². The standard InChI is InChI=1S/C16H21FN2O5/c1-23-13-7-12(9-20)19(8-13)16(22)18-11-4-3-10(14(17)6-11)5-15(21)24-2/h3-4,6,12-13,20H,5,7-9H2,1-2H3,(H,18,22)/t12-,13+/m0/s1. The van der Waals surface area contributed by atoms with E-state index < -0.39 is 17.8 Å². The zero-order chi connectivity index (χ0) is 17.7. The molecule has 1 heterocycles. The van der Waals surface area contributed by atoms with Gasteiger partial charge in [0.05, 0.1) is 32.3 Å². The van der Waals surface area contributed by atoms with Gasteiger partial charge in [-0.1, -0.05) is 6.07 Å². The fourth-order valence-corrected chi connectivity index (χ4v) is 2.66. The van der Waals surface area contributed by atoms with Crippen LogP contribution in [0.3, 0.4) is 0 Å². The SMILES string of the molecule is COC(=O)Cc1ccc(NC(=O)N2C[C@H](OC)C[C@H]2CO)cc1F. The maximum atomic E-state index is 14.0. The van der Waals surface area contributed by atoms with Crippen molar-refractivity contribution >= 4 is 17.7 Å². The molecule has 1 aliphatic rings. The van der Waals surface area contributed by atoms with E-state index in [-0.39, 0.29) is 36.4 Å². The minimum Gasteiger partial charge on any atom is -0.469 e. The Kier molecular flexibility index (Phi) is 6.10. The first-order chi connectivity index (χ1) is 11.5. The predicted octanol–water partition coefficient (Wildman–Crippen LogP) is 1.15. The number of carbonyl (C=O) groups is 2. The average Bonchev–Trinajstić information content (AvgIpc) is 3.00. The van der Waals surface area contributed by atoms with E-state index >= 15 is 0 Å². The van der Waals surface area contributed by atoms with Gasteiger partial charge in [-0.15, -0.1) is 0 Å². The zero-order valence-electron chi connectivity index (χ0n) is 13.6. The number of ether oxygens (including phenoxy) is 2. The molecule has 1 aromatic carbocycles. The molecule has 7 nitrogen and oxygen atoms in total. The van der Waals surface area contributed by atoms with E-state index in [0.29, 0.717) is 13.0 Å². The number of esters is 1. The maximum absolute atomic E-state index is 14.0. The average molecular weight is 340 g/mol. The fraction of sp³-hybridized carbons (Fsp3) is 0.500. The van der Waals surface area contributed by atoms with Crippen molar-refractivity contribution in [2.24, 2.45) is 0 Å². The zero-order valence-corrected chi connectivity index (χ0v) is 13.6. The number of likely N-dealkylation sites (tertiary alicyclic amines) is 1. The van der Waals surface area contributed by atoms with Gasteiger partial charge in [0.15, 0.2) is 0 Å². The summed E-state index contributed by atoms with van der Waals surface area (Å²) in [4.78, 5) is 25.0. The highest BCUT2D eigenvalue weighted by Crippen LogP contribution is 2.22. The highest BCUT2D eigenvalue weighted by Gasteiger charge is 2.35. The number of methoxy groups -OCH3 is 2. The number of amides is 2. The lowest BCUT2D eigenvalue weighted by Crippen LogP contribution is -2.40. The molecule has 0 bridgehead atoms. The van der Waals surface area contributed by atoms with Crippen LogP contribution in [-0.4, -0.2) is 61.5 Å². The lowest BCUT2D eigenvalue weighted by atomic mass is 10.1. The number of hydrogen-bond acceptors (Lipinski definition) is 5. The van der Waals surface area contributed by atoms with Crippen LogP contribution in [-0.2, 0) is 20.7 Å². The minimum atomic E-state index is -0.604. The number of nitrogens with one attached hydrogen (secondary N) is 1. The van der Waals surface area contributed by atoms with E-state index in [9.17, 15) is 19.1 Å². The van der Waals surface area contributed by atoms with Gasteiger partial charge >= 0.3 is 12.0 Å².